The van der Waals surface area contributed by atoms with E-state index in [2.05, 4.69) is 0 Å². The number of ether oxygens (including phenoxy) is 1. The number of aromatic nitrogens is 2. The molecule has 4 rings (SSSR count). The Morgan fingerprint density at radius 2 is 2.00 bits per heavy atom. The largest absolute Gasteiger partial charge is 0.492 e. The molecule has 9 nitrogen and oxygen atoms in total. The first-order valence-electron chi connectivity index (χ1n) is 9.75. The number of fused-ring (bicyclic) bond motifs is 1. The first kappa shape index (κ1) is 19.7. The van der Waals surface area contributed by atoms with E-state index < -0.39 is 23.1 Å². The Bertz CT molecular complexity index is 1090. The van der Waals surface area contributed by atoms with E-state index in [1.54, 1.807) is 0 Å². The third-order valence-electron chi connectivity index (χ3n) is 6.16. The summed E-state index contributed by atoms with van der Waals surface area (Å²) in [7, 11) is 1.40. The molecule has 0 aromatic carbocycles. The van der Waals surface area contributed by atoms with E-state index in [1.165, 1.54) is 14.0 Å². The van der Waals surface area contributed by atoms with Crippen molar-refractivity contribution >= 4 is 11.2 Å². The molecule has 29 heavy (non-hydrogen) atoms. The van der Waals surface area contributed by atoms with Gasteiger partial charge in [-0.2, -0.15) is 4.68 Å². The van der Waals surface area contributed by atoms with Gasteiger partial charge in [0, 0.05) is 19.1 Å². The van der Waals surface area contributed by atoms with Crippen molar-refractivity contribution in [2.45, 2.75) is 38.1 Å². The van der Waals surface area contributed by atoms with Gasteiger partial charge < -0.3 is 26.3 Å². The fraction of sp³-hybridized carbons (Fsp3) is 0.579. The average molecular weight is 407 g/mol. The van der Waals surface area contributed by atoms with Crippen molar-refractivity contribution < 1.29 is 14.2 Å². The van der Waals surface area contributed by atoms with Gasteiger partial charge in [0.05, 0.1) is 25.0 Å². The maximum atomic E-state index is 15.5. The van der Waals surface area contributed by atoms with Gasteiger partial charge in [-0.25, -0.2) is 9.18 Å². The second kappa shape index (κ2) is 7.03. The number of aryl methyl sites for hydroxylation is 1. The zero-order chi connectivity index (χ0) is 21.0. The minimum atomic E-state index is -0.808. The lowest BCUT2D eigenvalue weighted by Gasteiger charge is -2.26. The highest BCUT2D eigenvalue weighted by Gasteiger charge is 2.37. The van der Waals surface area contributed by atoms with Crippen molar-refractivity contribution in [3.05, 3.63) is 37.9 Å². The quantitative estimate of drug-likeness (QED) is 0.578. The van der Waals surface area contributed by atoms with Crippen LogP contribution in [-0.2, 0) is 0 Å². The molecule has 2 aliphatic rings. The Kier molecular flexibility index (Phi) is 4.78. The third kappa shape index (κ3) is 2.89. The van der Waals surface area contributed by atoms with E-state index in [9.17, 15) is 14.7 Å². The number of methoxy groups -OCH3 is 1. The van der Waals surface area contributed by atoms with E-state index in [4.69, 9.17) is 16.3 Å². The molecule has 158 valence electrons. The first-order valence-corrected chi connectivity index (χ1v) is 9.75. The zero-order valence-electron chi connectivity index (χ0n) is 16.5. The van der Waals surface area contributed by atoms with Crippen molar-refractivity contribution in [3.8, 4) is 5.75 Å². The molecule has 1 aliphatic carbocycles. The van der Waals surface area contributed by atoms with Crippen molar-refractivity contribution in [1.29, 1.82) is 0 Å². The summed E-state index contributed by atoms with van der Waals surface area (Å²) in [5.74, 6) is 5.23. The minimum absolute atomic E-state index is 0.00257. The molecule has 1 saturated heterocycles. The average Bonchev–Trinajstić information content (AvgIpc) is 3.43. The van der Waals surface area contributed by atoms with Crippen LogP contribution in [0.5, 0.6) is 5.75 Å². The summed E-state index contributed by atoms with van der Waals surface area (Å²) in [6, 6.07) is -0.398. The van der Waals surface area contributed by atoms with Crippen LogP contribution < -0.4 is 32.5 Å². The van der Waals surface area contributed by atoms with Crippen molar-refractivity contribution in [1.82, 2.24) is 9.08 Å². The fourth-order valence-corrected chi connectivity index (χ4v) is 4.36. The van der Waals surface area contributed by atoms with Gasteiger partial charge in [-0.1, -0.05) is 0 Å². The van der Waals surface area contributed by atoms with E-state index in [0.717, 1.165) is 17.2 Å². The van der Waals surface area contributed by atoms with Crippen LogP contribution in [0.2, 0.25) is 0 Å². The van der Waals surface area contributed by atoms with Crippen LogP contribution in [-0.4, -0.2) is 47.0 Å². The van der Waals surface area contributed by atoms with Gasteiger partial charge in [0.2, 0.25) is 0 Å². The monoisotopic (exact) mass is 407 g/mol. The summed E-state index contributed by atoms with van der Waals surface area (Å²) >= 11 is 0. The summed E-state index contributed by atoms with van der Waals surface area (Å²) in [5.41, 5.74) is 5.54. The molecule has 10 heteroatoms. The molecule has 2 fully saturated rings. The van der Waals surface area contributed by atoms with Gasteiger partial charge >= 0.3 is 5.69 Å². The zero-order valence-corrected chi connectivity index (χ0v) is 16.5. The topological polar surface area (TPSA) is 128 Å². The number of hydrogen-bond donors (Lipinski definition) is 3. The molecule has 2 aromatic rings. The molecule has 5 N–H and O–H groups in total. The lowest BCUT2D eigenvalue weighted by molar-refractivity contribution is 0.233. The number of hydrogen-bond acceptors (Lipinski definition) is 7. The van der Waals surface area contributed by atoms with Crippen LogP contribution in [0, 0.1) is 18.7 Å². The number of aliphatic hydroxyl groups is 1. The van der Waals surface area contributed by atoms with Crippen LogP contribution in [0.3, 0.4) is 0 Å². The summed E-state index contributed by atoms with van der Waals surface area (Å²) in [6.45, 7) is 2.31. The Hall–Kier alpha value is -2.59. The highest BCUT2D eigenvalue weighted by Crippen LogP contribution is 2.46. The van der Waals surface area contributed by atoms with E-state index in [1.807, 2.05) is 4.90 Å². The molecule has 0 bridgehead atoms. The maximum Gasteiger partial charge on any atom is 0.354 e. The summed E-state index contributed by atoms with van der Waals surface area (Å²) < 4.78 is 22.8. The SMILES string of the molecule is COc1c(N2CCC(C(N)CO)C2)c(F)c(C)n2c(=O)n(N)c(=O)c(C3CC3)c12. The van der Waals surface area contributed by atoms with Crippen LogP contribution in [0.25, 0.3) is 5.52 Å². The van der Waals surface area contributed by atoms with Gasteiger partial charge in [0.15, 0.2) is 11.6 Å². The minimum Gasteiger partial charge on any atom is -0.492 e. The number of rotatable bonds is 5. The van der Waals surface area contributed by atoms with Gasteiger partial charge in [-0.15, -0.1) is 0 Å². The summed E-state index contributed by atoms with van der Waals surface area (Å²) in [5, 5.41) is 9.36. The Morgan fingerprint density at radius 1 is 1.31 bits per heavy atom. The Labute approximate surface area is 166 Å². The number of nitrogen functional groups attached to an aromatic ring is 1. The van der Waals surface area contributed by atoms with Crippen LogP contribution in [0.4, 0.5) is 10.1 Å². The molecule has 1 aliphatic heterocycles. The van der Waals surface area contributed by atoms with Crippen LogP contribution in [0.1, 0.15) is 36.4 Å². The number of halogens is 1. The molecule has 0 amide bonds. The number of nitrogens with two attached hydrogens (primary N) is 2. The smallest absolute Gasteiger partial charge is 0.354 e. The molecule has 3 heterocycles. The van der Waals surface area contributed by atoms with Crippen molar-refractivity contribution in [2.24, 2.45) is 11.7 Å². The summed E-state index contributed by atoms with van der Waals surface area (Å²) in [6.07, 6.45) is 2.30. The number of nitrogens with zero attached hydrogens (tertiary/aromatic N) is 3. The normalized spacial score (nSPS) is 20.4. The van der Waals surface area contributed by atoms with E-state index in [0.29, 0.717) is 29.7 Å². The number of aliphatic hydroxyl groups excluding tert-OH is 1. The van der Waals surface area contributed by atoms with Crippen LogP contribution in [0.15, 0.2) is 9.59 Å². The second-order valence-corrected chi connectivity index (χ2v) is 7.95. The molecule has 2 aromatic heterocycles. The van der Waals surface area contributed by atoms with Gasteiger partial charge in [-0.05, 0) is 38.0 Å². The summed E-state index contributed by atoms with van der Waals surface area (Å²) in [4.78, 5) is 27.3. The molecule has 1 saturated carbocycles. The molecular formula is C19H26FN5O4. The first-order chi connectivity index (χ1) is 13.8. The highest BCUT2D eigenvalue weighted by atomic mass is 19.1. The Morgan fingerprint density at radius 3 is 2.59 bits per heavy atom. The molecule has 2 atom stereocenters. The molecule has 0 radical (unpaired) electrons. The second-order valence-electron chi connectivity index (χ2n) is 7.95. The fourth-order valence-electron chi connectivity index (χ4n) is 4.36. The Balaban J connectivity index is 2.01. The lowest BCUT2D eigenvalue weighted by Crippen LogP contribution is -2.45. The highest BCUT2D eigenvalue weighted by molar-refractivity contribution is 5.79. The molecule has 0 spiro atoms. The predicted molar refractivity (Wildman–Crippen MR) is 107 cm³/mol. The van der Waals surface area contributed by atoms with Gasteiger partial charge in [0.1, 0.15) is 11.2 Å². The lowest BCUT2D eigenvalue weighted by atomic mass is 10.0. The predicted octanol–water partition coefficient (Wildman–Crippen LogP) is -0.346. The van der Waals surface area contributed by atoms with Crippen molar-refractivity contribution in [3.63, 3.8) is 0 Å². The molecule has 2 unspecified atom stereocenters. The van der Waals surface area contributed by atoms with Crippen molar-refractivity contribution in [2.75, 3.05) is 37.5 Å². The van der Waals surface area contributed by atoms with Gasteiger partial charge in [-0.3, -0.25) is 9.20 Å². The number of pyridine rings is 1. The van der Waals surface area contributed by atoms with E-state index >= 15 is 4.39 Å². The van der Waals surface area contributed by atoms with E-state index in [-0.39, 0.29) is 41.1 Å². The number of anilines is 1. The van der Waals surface area contributed by atoms with Gasteiger partial charge in [0.25, 0.3) is 5.56 Å². The van der Waals surface area contributed by atoms with Crippen LogP contribution >= 0.6 is 0 Å². The third-order valence-corrected chi connectivity index (χ3v) is 6.16. The maximum absolute atomic E-state index is 15.5. The molecular weight excluding hydrogens is 381 g/mol. The standard InChI is InChI=1S/C19H26FN5O4/c1-9-14(20)16(23-6-5-11(7-23)12(21)8-26)17(29-2)15-13(10-3-4-10)18(27)25(22)19(28)24(9)15/h10-12,26H,3-8,21-22H2,1-2H3.